The molecule has 2 N–H and O–H groups in total. The Balaban J connectivity index is 0.00000529. The van der Waals surface area contributed by atoms with Crippen molar-refractivity contribution in [2.24, 2.45) is 10.4 Å². The zero-order valence-electron chi connectivity index (χ0n) is 15.9. The van der Waals surface area contributed by atoms with Crippen molar-refractivity contribution in [1.29, 1.82) is 0 Å². The molecule has 0 heterocycles. The Morgan fingerprint density at radius 3 is 2.33 bits per heavy atom. The van der Waals surface area contributed by atoms with Gasteiger partial charge in [0.25, 0.3) is 0 Å². The third-order valence-corrected chi connectivity index (χ3v) is 4.74. The predicted molar refractivity (Wildman–Crippen MR) is 113 cm³/mol. The minimum absolute atomic E-state index is 0. The molecule has 0 bridgehead atoms. The number of hydrogen-bond acceptors (Lipinski definition) is 3. The van der Waals surface area contributed by atoms with Crippen LogP contribution in [0.25, 0.3) is 0 Å². The molecule has 6 heteroatoms. The average molecular weight is 455 g/mol. The molecule has 1 rings (SSSR count). The summed E-state index contributed by atoms with van der Waals surface area (Å²) >= 11 is 0. The fourth-order valence-corrected chi connectivity index (χ4v) is 3.27. The van der Waals surface area contributed by atoms with Gasteiger partial charge in [-0.3, -0.25) is 4.99 Å². The molecule has 0 atom stereocenters. The van der Waals surface area contributed by atoms with Crippen molar-refractivity contribution < 1.29 is 9.47 Å². The van der Waals surface area contributed by atoms with E-state index in [-0.39, 0.29) is 24.0 Å². The molecule has 0 aromatic carbocycles. The van der Waals surface area contributed by atoms with Crippen LogP contribution in [0.1, 0.15) is 58.3 Å². The molecule has 1 saturated carbocycles. The number of nitrogens with zero attached hydrogens (tertiary/aromatic N) is 1. The maximum Gasteiger partial charge on any atom is 0.191 e. The van der Waals surface area contributed by atoms with Gasteiger partial charge in [0.2, 0.25) is 0 Å². The van der Waals surface area contributed by atoms with Crippen LogP contribution in [0.4, 0.5) is 0 Å². The Hall–Kier alpha value is -0.0800. The van der Waals surface area contributed by atoms with E-state index in [1.807, 2.05) is 0 Å². The number of methoxy groups -OCH3 is 2. The molecular formula is C18H38IN3O2. The summed E-state index contributed by atoms with van der Waals surface area (Å²) in [5, 5.41) is 6.83. The van der Waals surface area contributed by atoms with Gasteiger partial charge in [-0.1, -0.05) is 12.8 Å². The molecule has 0 saturated heterocycles. The second-order valence-electron chi connectivity index (χ2n) is 6.63. The van der Waals surface area contributed by atoms with Crippen LogP contribution in [0, 0.1) is 5.41 Å². The monoisotopic (exact) mass is 455 g/mol. The summed E-state index contributed by atoms with van der Waals surface area (Å²) in [6, 6.07) is 0. The first-order valence-electron chi connectivity index (χ1n) is 9.26. The summed E-state index contributed by atoms with van der Waals surface area (Å²) in [5.74, 6) is 0.961. The maximum atomic E-state index is 5.30. The van der Waals surface area contributed by atoms with Crippen molar-refractivity contribution >= 4 is 29.9 Å². The number of guanidine groups is 1. The largest absolute Gasteiger partial charge is 0.385 e. The second-order valence-corrected chi connectivity index (χ2v) is 6.63. The Bertz CT molecular complexity index is 321. The van der Waals surface area contributed by atoms with Crippen molar-refractivity contribution in [2.45, 2.75) is 58.3 Å². The van der Waals surface area contributed by atoms with Gasteiger partial charge in [0.1, 0.15) is 0 Å². The normalized spacial score (nSPS) is 16.7. The lowest BCUT2D eigenvalue weighted by atomic mass is 9.83. The van der Waals surface area contributed by atoms with Crippen LogP contribution < -0.4 is 10.6 Å². The molecule has 0 radical (unpaired) electrons. The quantitative estimate of drug-likeness (QED) is 0.205. The van der Waals surface area contributed by atoms with E-state index in [9.17, 15) is 0 Å². The van der Waals surface area contributed by atoms with E-state index < -0.39 is 0 Å². The summed E-state index contributed by atoms with van der Waals surface area (Å²) in [6.45, 7) is 6.61. The summed E-state index contributed by atoms with van der Waals surface area (Å²) in [4.78, 5) is 4.87. The summed E-state index contributed by atoms with van der Waals surface area (Å²) in [6.07, 6.45) is 9.86. The van der Waals surface area contributed by atoms with Crippen molar-refractivity contribution in [3.63, 3.8) is 0 Å². The van der Waals surface area contributed by atoms with Gasteiger partial charge >= 0.3 is 0 Å². The third kappa shape index (κ3) is 10.0. The molecule has 0 spiro atoms. The van der Waals surface area contributed by atoms with Crippen molar-refractivity contribution in [3.8, 4) is 0 Å². The highest BCUT2D eigenvalue weighted by molar-refractivity contribution is 14.0. The highest BCUT2D eigenvalue weighted by Crippen LogP contribution is 2.41. The van der Waals surface area contributed by atoms with Crippen LogP contribution in [0.2, 0.25) is 0 Å². The number of aliphatic imine (C=N–C) groups is 1. The van der Waals surface area contributed by atoms with E-state index in [0.29, 0.717) is 5.41 Å². The Morgan fingerprint density at radius 1 is 1.00 bits per heavy atom. The van der Waals surface area contributed by atoms with Gasteiger partial charge in [-0.15, -0.1) is 24.0 Å². The number of nitrogens with one attached hydrogen (secondary N) is 2. The van der Waals surface area contributed by atoms with Crippen molar-refractivity contribution in [2.75, 3.05) is 47.1 Å². The summed E-state index contributed by atoms with van der Waals surface area (Å²) in [5.41, 5.74) is 0.358. The molecule has 0 aromatic heterocycles. The lowest BCUT2D eigenvalue weighted by molar-refractivity contribution is 0.141. The van der Waals surface area contributed by atoms with Gasteiger partial charge in [-0.05, 0) is 50.9 Å². The Labute approximate surface area is 165 Å². The second kappa shape index (κ2) is 15.2. The van der Waals surface area contributed by atoms with E-state index in [1.165, 1.54) is 32.1 Å². The van der Waals surface area contributed by atoms with E-state index >= 15 is 0 Å². The standard InChI is InChI=1S/C18H37N3O2.HI/c1-4-19-17(20-13-8-5-9-14-22-2)21-16-18(12-15-23-3)10-6-7-11-18;/h4-16H2,1-3H3,(H2,19,20,21);1H. The number of ether oxygens (including phenoxy) is 2. The lowest BCUT2D eigenvalue weighted by Gasteiger charge is -2.27. The van der Waals surface area contributed by atoms with Gasteiger partial charge in [0, 0.05) is 47.1 Å². The van der Waals surface area contributed by atoms with Crippen LogP contribution in [0.3, 0.4) is 0 Å². The van der Waals surface area contributed by atoms with Crippen LogP contribution in [-0.2, 0) is 9.47 Å². The molecule has 0 unspecified atom stereocenters. The highest BCUT2D eigenvalue weighted by Gasteiger charge is 2.33. The van der Waals surface area contributed by atoms with Crippen LogP contribution >= 0.6 is 24.0 Å². The smallest absolute Gasteiger partial charge is 0.191 e. The van der Waals surface area contributed by atoms with Gasteiger partial charge in [0.15, 0.2) is 5.96 Å². The minimum Gasteiger partial charge on any atom is -0.385 e. The molecule has 1 aliphatic rings. The van der Waals surface area contributed by atoms with Gasteiger partial charge in [-0.2, -0.15) is 0 Å². The molecule has 1 fully saturated rings. The SMILES string of the molecule is CCNC(=NCC1(CCOC)CCCC1)NCCCCCOC.I. The fourth-order valence-electron chi connectivity index (χ4n) is 3.27. The molecule has 5 nitrogen and oxygen atoms in total. The topological polar surface area (TPSA) is 54.9 Å². The van der Waals surface area contributed by atoms with Gasteiger partial charge in [0.05, 0.1) is 0 Å². The average Bonchev–Trinajstić information content (AvgIpc) is 3.03. The van der Waals surface area contributed by atoms with Crippen LogP contribution in [-0.4, -0.2) is 53.0 Å². The highest BCUT2D eigenvalue weighted by atomic mass is 127. The first kappa shape index (κ1) is 23.9. The molecule has 144 valence electrons. The molecule has 0 aliphatic heterocycles. The summed E-state index contributed by atoms with van der Waals surface area (Å²) < 4.78 is 10.4. The van der Waals surface area contributed by atoms with Crippen molar-refractivity contribution in [1.82, 2.24) is 10.6 Å². The number of hydrogen-bond donors (Lipinski definition) is 2. The summed E-state index contributed by atoms with van der Waals surface area (Å²) in [7, 11) is 3.55. The molecule has 1 aliphatic carbocycles. The Morgan fingerprint density at radius 2 is 1.71 bits per heavy atom. The lowest BCUT2D eigenvalue weighted by Crippen LogP contribution is -2.39. The number of halogens is 1. The molecule has 0 amide bonds. The van der Waals surface area contributed by atoms with Gasteiger partial charge < -0.3 is 20.1 Å². The first-order chi connectivity index (χ1) is 11.3. The first-order valence-corrected chi connectivity index (χ1v) is 9.26. The van der Waals surface area contributed by atoms with Crippen molar-refractivity contribution in [3.05, 3.63) is 0 Å². The van der Waals surface area contributed by atoms with Crippen LogP contribution in [0.5, 0.6) is 0 Å². The minimum atomic E-state index is 0. The number of rotatable bonds is 12. The Kier molecular flexibility index (Phi) is 15.1. The fraction of sp³-hybridized carbons (Fsp3) is 0.944. The van der Waals surface area contributed by atoms with Crippen LogP contribution in [0.15, 0.2) is 4.99 Å². The maximum absolute atomic E-state index is 5.30. The predicted octanol–water partition coefficient (Wildman–Crippen LogP) is 3.57. The van der Waals surface area contributed by atoms with E-state index in [1.54, 1.807) is 14.2 Å². The van der Waals surface area contributed by atoms with E-state index in [0.717, 1.165) is 58.1 Å². The zero-order chi connectivity index (χ0) is 16.8. The number of unbranched alkanes of at least 4 members (excludes halogenated alkanes) is 2. The van der Waals surface area contributed by atoms with E-state index in [2.05, 4.69) is 17.6 Å². The third-order valence-electron chi connectivity index (χ3n) is 4.74. The van der Waals surface area contributed by atoms with Gasteiger partial charge in [-0.25, -0.2) is 0 Å². The molecule has 0 aromatic rings. The van der Waals surface area contributed by atoms with E-state index in [4.69, 9.17) is 14.5 Å². The molecular weight excluding hydrogens is 417 g/mol. The zero-order valence-corrected chi connectivity index (χ0v) is 18.2. The molecule has 24 heavy (non-hydrogen) atoms.